The fourth-order valence-corrected chi connectivity index (χ4v) is 2.05. The van der Waals surface area contributed by atoms with Gasteiger partial charge in [-0.05, 0) is 16.7 Å². The Labute approximate surface area is 118 Å². The molecule has 102 valence electrons. The van der Waals surface area contributed by atoms with E-state index in [0.29, 0.717) is 6.54 Å². The van der Waals surface area contributed by atoms with Crippen LogP contribution in [0.25, 0.3) is 11.1 Å². The molecule has 0 unspecified atom stereocenters. The monoisotopic (exact) mass is 267 g/mol. The lowest BCUT2D eigenvalue weighted by Crippen LogP contribution is -2.34. The van der Waals surface area contributed by atoms with Crippen LogP contribution in [0.3, 0.4) is 0 Å². The molecule has 0 bridgehead atoms. The molecule has 3 N–H and O–H groups in total. The van der Waals surface area contributed by atoms with Crippen LogP contribution in [-0.2, 0) is 6.54 Å². The highest BCUT2D eigenvalue weighted by Crippen LogP contribution is 2.19. The molecule has 1 saturated heterocycles. The normalized spacial score (nSPS) is 16.4. The SMILES string of the molecule is CN1NNNC1=NCc1ccc(-c2ccccc2)cc1. The number of nitrogens with zero attached hydrogens (tertiary/aromatic N) is 2. The predicted molar refractivity (Wildman–Crippen MR) is 80.2 cm³/mol. The molecule has 5 heteroatoms. The highest BCUT2D eigenvalue weighted by atomic mass is 15.9. The molecule has 2 aromatic carbocycles. The van der Waals surface area contributed by atoms with Crippen molar-refractivity contribution in [2.75, 3.05) is 7.05 Å². The standard InChI is InChI=1S/C15H17N5/c1-20-15(17-18-19-20)16-11-12-7-9-14(10-8-12)13-5-3-2-4-6-13/h2-10,18-19H,11H2,1H3,(H,16,17). The molecule has 0 atom stereocenters. The molecule has 1 aliphatic heterocycles. The summed E-state index contributed by atoms with van der Waals surface area (Å²) in [6.45, 7) is 0.644. The van der Waals surface area contributed by atoms with Crippen LogP contribution in [0.4, 0.5) is 0 Å². The van der Waals surface area contributed by atoms with Gasteiger partial charge in [0.25, 0.3) is 0 Å². The topological polar surface area (TPSA) is 51.7 Å². The highest BCUT2D eigenvalue weighted by Gasteiger charge is 2.11. The minimum Gasteiger partial charge on any atom is -0.275 e. The van der Waals surface area contributed by atoms with Gasteiger partial charge in [0.05, 0.1) is 6.54 Å². The van der Waals surface area contributed by atoms with E-state index < -0.39 is 0 Å². The highest BCUT2D eigenvalue weighted by molar-refractivity contribution is 5.79. The van der Waals surface area contributed by atoms with Gasteiger partial charge in [0.15, 0.2) is 0 Å². The summed E-state index contributed by atoms with van der Waals surface area (Å²) in [5.41, 5.74) is 12.2. The van der Waals surface area contributed by atoms with Gasteiger partial charge in [-0.15, -0.1) is 5.53 Å². The van der Waals surface area contributed by atoms with Crippen molar-refractivity contribution >= 4 is 5.96 Å². The lowest BCUT2D eigenvalue weighted by Gasteiger charge is -2.08. The summed E-state index contributed by atoms with van der Waals surface area (Å²) in [5.74, 6) is 0.775. The van der Waals surface area contributed by atoms with E-state index in [1.165, 1.54) is 16.7 Å². The summed E-state index contributed by atoms with van der Waals surface area (Å²) in [4.78, 5) is 4.48. The Balaban J connectivity index is 1.71. The van der Waals surface area contributed by atoms with Crippen LogP contribution in [0, 0.1) is 0 Å². The summed E-state index contributed by atoms with van der Waals surface area (Å²) in [7, 11) is 1.89. The van der Waals surface area contributed by atoms with E-state index in [1.807, 2.05) is 13.1 Å². The molecule has 0 aliphatic carbocycles. The van der Waals surface area contributed by atoms with Gasteiger partial charge in [-0.25, -0.2) is 4.99 Å². The Morgan fingerprint density at radius 1 is 0.950 bits per heavy atom. The number of benzene rings is 2. The van der Waals surface area contributed by atoms with Crippen LogP contribution < -0.4 is 16.5 Å². The quantitative estimate of drug-likeness (QED) is 0.792. The molecule has 3 rings (SSSR count). The van der Waals surface area contributed by atoms with Gasteiger partial charge in [0.1, 0.15) is 0 Å². The number of guanidine groups is 1. The van der Waals surface area contributed by atoms with E-state index in [1.54, 1.807) is 5.01 Å². The number of hydrogen-bond acceptors (Lipinski definition) is 3. The third kappa shape index (κ3) is 2.79. The molecule has 0 aromatic heterocycles. The Morgan fingerprint density at radius 3 is 2.30 bits per heavy atom. The van der Waals surface area contributed by atoms with E-state index in [9.17, 15) is 0 Å². The van der Waals surface area contributed by atoms with E-state index in [2.05, 4.69) is 70.0 Å². The van der Waals surface area contributed by atoms with Crippen molar-refractivity contribution in [2.45, 2.75) is 6.54 Å². The molecular formula is C15H17N5. The zero-order valence-corrected chi connectivity index (χ0v) is 11.3. The van der Waals surface area contributed by atoms with Crippen molar-refractivity contribution in [1.82, 2.24) is 21.5 Å². The Kier molecular flexibility index (Phi) is 3.62. The van der Waals surface area contributed by atoms with Crippen molar-refractivity contribution in [1.29, 1.82) is 0 Å². The molecule has 1 fully saturated rings. The number of hydrogen-bond donors (Lipinski definition) is 3. The van der Waals surface area contributed by atoms with Crippen LogP contribution in [0.1, 0.15) is 5.56 Å². The first-order chi connectivity index (χ1) is 9.83. The number of rotatable bonds is 3. The number of nitrogens with one attached hydrogen (secondary N) is 3. The molecular weight excluding hydrogens is 250 g/mol. The average molecular weight is 267 g/mol. The molecule has 0 saturated carbocycles. The molecule has 20 heavy (non-hydrogen) atoms. The molecule has 5 nitrogen and oxygen atoms in total. The summed E-state index contributed by atoms with van der Waals surface area (Å²) >= 11 is 0. The van der Waals surface area contributed by atoms with E-state index in [0.717, 1.165) is 5.96 Å². The van der Waals surface area contributed by atoms with E-state index >= 15 is 0 Å². The third-order valence-corrected chi connectivity index (χ3v) is 3.19. The zero-order valence-electron chi connectivity index (χ0n) is 11.3. The van der Waals surface area contributed by atoms with Gasteiger partial charge >= 0.3 is 0 Å². The molecule has 0 spiro atoms. The van der Waals surface area contributed by atoms with Gasteiger partial charge < -0.3 is 0 Å². The second kappa shape index (κ2) is 5.73. The van der Waals surface area contributed by atoms with Gasteiger partial charge in [-0.2, -0.15) is 5.53 Å². The van der Waals surface area contributed by atoms with Gasteiger partial charge in [-0.1, -0.05) is 54.6 Å². The second-order valence-electron chi connectivity index (χ2n) is 4.62. The van der Waals surface area contributed by atoms with Crippen LogP contribution in [0.15, 0.2) is 59.6 Å². The maximum atomic E-state index is 4.48. The molecule has 2 aromatic rings. The fraction of sp³-hybridized carbons (Fsp3) is 0.133. The maximum Gasteiger partial charge on any atom is 0.225 e. The largest absolute Gasteiger partial charge is 0.275 e. The Bertz CT molecular complexity index is 591. The van der Waals surface area contributed by atoms with Crippen molar-refractivity contribution in [3.8, 4) is 11.1 Å². The predicted octanol–water partition coefficient (Wildman–Crippen LogP) is 1.67. The maximum absolute atomic E-state index is 4.48. The lowest BCUT2D eigenvalue weighted by molar-refractivity contribution is 0.354. The van der Waals surface area contributed by atoms with Crippen LogP contribution in [0.2, 0.25) is 0 Å². The first-order valence-corrected chi connectivity index (χ1v) is 6.52. The van der Waals surface area contributed by atoms with E-state index in [4.69, 9.17) is 0 Å². The first-order valence-electron chi connectivity index (χ1n) is 6.52. The summed E-state index contributed by atoms with van der Waals surface area (Å²) < 4.78 is 0. The Morgan fingerprint density at radius 2 is 1.65 bits per heavy atom. The van der Waals surface area contributed by atoms with Crippen LogP contribution >= 0.6 is 0 Å². The minimum atomic E-state index is 0.644. The van der Waals surface area contributed by atoms with Crippen molar-refractivity contribution < 1.29 is 0 Å². The summed E-state index contributed by atoms with van der Waals surface area (Å²) in [6.07, 6.45) is 0. The molecule has 0 radical (unpaired) electrons. The van der Waals surface area contributed by atoms with Crippen molar-refractivity contribution in [3.05, 3.63) is 60.2 Å². The summed E-state index contributed by atoms with van der Waals surface area (Å²) in [5, 5.41) is 1.79. The zero-order chi connectivity index (χ0) is 13.8. The van der Waals surface area contributed by atoms with Crippen molar-refractivity contribution in [3.63, 3.8) is 0 Å². The van der Waals surface area contributed by atoms with Gasteiger partial charge in [0.2, 0.25) is 5.96 Å². The van der Waals surface area contributed by atoms with Crippen LogP contribution in [-0.4, -0.2) is 18.0 Å². The van der Waals surface area contributed by atoms with Gasteiger partial charge in [-0.3, -0.25) is 10.4 Å². The Hall–Kier alpha value is -2.37. The third-order valence-electron chi connectivity index (χ3n) is 3.19. The molecule has 1 heterocycles. The average Bonchev–Trinajstić information content (AvgIpc) is 2.92. The fourth-order valence-electron chi connectivity index (χ4n) is 2.05. The van der Waals surface area contributed by atoms with Crippen LogP contribution in [0.5, 0.6) is 0 Å². The second-order valence-corrected chi connectivity index (χ2v) is 4.62. The lowest BCUT2D eigenvalue weighted by atomic mass is 10.0. The van der Waals surface area contributed by atoms with Crippen molar-refractivity contribution in [2.24, 2.45) is 4.99 Å². The molecule has 1 aliphatic rings. The smallest absolute Gasteiger partial charge is 0.225 e. The first kappa shape index (κ1) is 12.7. The molecule has 0 amide bonds. The summed E-state index contributed by atoms with van der Waals surface area (Å²) in [6, 6.07) is 18.9. The number of aliphatic imine (C=N–C) groups is 1. The van der Waals surface area contributed by atoms with Gasteiger partial charge in [0, 0.05) is 7.05 Å². The van der Waals surface area contributed by atoms with E-state index in [-0.39, 0.29) is 0 Å². The number of hydrazine groups is 3. The minimum absolute atomic E-state index is 0.644.